The van der Waals surface area contributed by atoms with Crippen molar-refractivity contribution in [3.63, 3.8) is 0 Å². The van der Waals surface area contributed by atoms with E-state index in [0.717, 1.165) is 11.3 Å². The first-order valence-corrected chi connectivity index (χ1v) is 5.54. The fourth-order valence-electron chi connectivity index (χ4n) is 1.58. The number of hydrogen-bond donors (Lipinski definition) is 1. The molecular formula is C12H12BrNO. The molecule has 1 heterocycles. The van der Waals surface area contributed by atoms with Crippen LogP contribution in [0.1, 0.15) is 22.9 Å². The first kappa shape index (κ1) is 10.5. The van der Waals surface area contributed by atoms with E-state index in [2.05, 4.69) is 15.9 Å². The smallest absolute Gasteiger partial charge is 0.169 e. The van der Waals surface area contributed by atoms with Crippen LogP contribution in [0.3, 0.4) is 0 Å². The Balaban J connectivity index is 2.36. The summed E-state index contributed by atoms with van der Waals surface area (Å²) in [6, 6.07) is 11.6. The Labute approximate surface area is 97.2 Å². The van der Waals surface area contributed by atoms with Gasteiger partial charge in [-0.15, -0.1) is 0 Å². The molecule has 0 amide bonds. The first-order chi connectivity index (χ1) is 7.18. The maximum atomic E-state index is 6.12. The molecule has 2 rings (SSSR count). The van der Waals surface area contributed by atoms with Gasteiger partial charge >= 0.3 is 0 Å². The highest BCUT2D eigenvalue weighted by molar-refractivity contribution is 9.10. The van der Waals surface area contributed by atoms with Gasteiger partial charge in [0.25, 0.3) is 0 Å². The summed E-state index contributed by atoms with van der Waals surface area (Å²) in [5, 5.41) is 0. The zero-order valence-electron chi connectivity index (χ0n) is 8.41. The van der Waals surface area contributed by atoms with Gasteiger partial charge in [0.05, 0.1) is 6.04 Å². The van der Waals surface area contributed by atoms with Crippen LogP contribution >= 0.6 is 15.9 Å². The summed E-state index contributed by atoms with van der Waals surface area (Å²) < 4.78 is 6.16. The minimum atomic E-state index is -0.197. The van der Waals surface area contributed by atoms with E-state index in [1.807, 2.05) is 43.3 Å². The van der Waals surface area contributed by atoms with Crippen LogP contribution in [0.5, 0.6) is 0 Å². The monoisotopic (exact) mass is 265 g/mol. The van der Waals surface area contributed by atoms with Crippen molar-refractivity contribution in [2.75, 3.05) is 0 Å². The molecule has 0 radical (unpaired) electrons. The topological polar surface area (TPSA) is 39.2 Å². The predicted octanol–water partition coefficient (Wildman–Crippen LogP) is 3.40. The molecule has 1 aromatic carbocycles. The highest BCUT2D eigenvalue weighted by Crippen LogP contribution is 2.25. The average molecular weight is 266 g/mol. The van der Waals surface area contributed by atoms with E-state index in [-0.39, 0.29) is 6.04 Å². The molecule has 0 spiro atoms. The largest absolute Gasteiger partial charge is 0.452 e. The van der Waals surface area contributed by atoms with Gasteiger partial charge in [-0.05, 0) is 46.1 Å². The maximum Gasteiger partial charge on any atom is 0.169 e. The molecule has 1 aromatic heterocycles. The third kappa shape index (κ3) is 2.13. The van der Waals surface area contributed by atoms with Crippen LogP contribution in [0.2, 0.25) is 0 Å². The molecule has 78 valence electrons. The van der Waals surface area contributed by atoms with E-state index in [4.69, 9.17) is 10.2 Å². The van der Waals surface area contributed by atoms with Gasteiger partial charge in [0, 0.05) is 0 Å². The molecule has 0 fully saturated rings. The Morgan fingerprint density at radius 3 is 2.53 bits per heavy atom. The zero-order chi connectivity index (χ0) is 10.8. The molecule has 0 aliphatic carbocycles. The normalized spacial score (nSPS) is 12.7. The molecule has 1 unspecified atom stereocenters. The van der Waals surface area contributed by atoms with Gasteiger partial charge < -0.3 is 10.2 Å². The SMILES string of the molecule is Cc1ccccc1C(N)c1ccc(Br)o1. The molecule has 15 heavy (non-hydrogen) atoms. The Morgan fingerprint density at radius 2 is 1.93 bits per heavy atom. The predicted molar refractivity (Wildman–Crippen MR) is 63.6 cm³/mol. The van der Waals surface area contributed by atoms with Crippen LogP contribution in [0.4, 0.5) is 0 Å². The van der Waals surface area contributed by atoms with Crippen LogP contribution in [0, 0.1) is 6.92 Å². The standard InChI is InChI=1S/C12H12BrNO/c1-8-4-2-3-5-9(8)12(14)10-6-7-11(13)15-10/h2-7,12H,14H2,1H3. The third-order valence-corrected chi connectivity index (χ3v) is 2.85. The quantitative estimate of drug-likeness (QED) is 0.904. The molecule has 3 heteroatoms. The lowest BCUT2D eigenvalue weighted by Crippen LogP contribution is -2.12. The second-order valence-electron chi connectivity index (χ2n) is 3.48. The van der Waals surface area contributed by atoms with E-state index in [1.165, 1.54) is 5.56 Å². The Hall–Kier alpha value is -1.06. The third-order valence-electron chi connectivity index (χ3n) is 2.42. The number of aryl methyl sites for hydroxylation is 1. The van der Waals surface area contributed by atoms with Gasteiger partial charge in [-0.2, -0.15) is 0 Å². The summed E-state index contributed by atoms with van der Waals surface area (Å²) in [7, 11) is 0. The first-order valence-electron chi connectivity index (χ1n) is 4.75. The maximum absolute atomic E-state index is 6.12. The second-order valence-corrected chi connectivity index (χ2v) is 4.26. The zero-order valence-corrected chi connectivity index (χ0v) is 9.99. The molecular weight excluding hydrogens is 254 g/mol. The van der Waals surface area contributed by atoms with Crippen LogP contribution in [0.15, 0.2) is 45.5 Å². The second kappa shape index (κ2) is 4.21. The van der Waals surface area contributed by atoms with Crippen LogP contribution < -0.4 is 5.73 Å². The van der Waals surface area contributed by atoms with Crippen molar-refractivity contribution in [2.24, 2.45) is 5.73 Å². The number of rotatable bonds is 2. The average Bonchev–Trinajstić information content (AvgIpc) is 2.65. The van der Waals surface area contributed by atoms with Gasteiger partial charge in [0.15, 0.2) is 4.67 Å². The number of benzene rings is 1. The summed E-state index contributed by atoms with van der Waals surface area (Å²) in [5.74, 6) is 0.774. The Bertz CT molecular complexity index is 464. The van der Waals surface area contributed by atoms with Crippen molar-refractivity contribution in [1.29, 1.82) is 0 Å². The van der Waals surface area contributed by atoms with E-state index < -0.39 is 0 Å². The summed E-state index contributed by atoms with van der Waals surface area (Å²) in [4.78, 5) is 0. The van der Waals surface area contributed by atoms with E-state index >= 15 is 0 Å². The lowest BCUT2D eigenvalue weighted by Gasteiger charge is -2.11. The van der Waals surface area contributed by atoms with Crippen molar-refractivity contribution in [3.8, 4) is 0 Å². The van der Waals surface area contributed by atoms with Crippen molar-refractivity contribution in [3.05, 3.63) is 58.0 Å². The molecule has 0 saturated carbocycles. The van der Waals surface area contributed by atoms with Gasteiger partial charge in [0.1, 0.15) is 5.76 Å². The highest BCUT2D eigenvalue weighted by atomic mass is 79.9. The Morgan fingerprint density at radius 1 is 1.20 bits per heavy atom. The summed E-state index contributed by atoms with van der Waals surface area (Å²) in [6.07, 6.45) is 0. The number of furan rings is 1. The van der Waals surface area contributed by atoms with Crippen molar-refractivity contribution in [2.45, 2.75) is 13.0 Å². The van der Waals surface area contributed by atoms with Crippen LogP contribution in [0.25, 0.3) is 0 Å². The highest BCUT2D eigenvalue weighted by Gasteiger charge is 2.14. The Kier molecular flexibility index (Phi) is 2.93. The van der Waals surface area contributed by atoms with Gasteiger partial charge in [-0.3, -0.25) is 0 Å². The van der Waals surface area contributed by atoms with Gasteiger partial charge in [0.2, 0.25) is 0 Å². The van der Waals surface area contributed by atoms with Gasteiger partial charge in [-0.25, -0.2) is 0 Å². The summed E-state index contributed by atoms with van der Waals surface area (Å²) >= 11 is 3.27. The molecule has 2 aromatic rings. The van der Waals surface area contributed by atoms with Crippen molar-refractivity contribution >= 4 is 15.9 Å². The fraction of sp³-hybridized carbons (Fsp3) is 0.167. The number of hydrogen-bond acceptors (Lipinski definition) is 2. The van der Waals surface area contributed by atoms with Crippen molar-refractivity contribution < 1.29 is 4.42 Å². The molecule has 2 N–H and O–H groups in total. The molecule has 0 bridgehead atoms. The van der Waals surface area contributed by atoms with Crippen LogP contribution in [-0.2, 0) is 0 Å². The minimum absolute atomic E-state index is 0.197. The summed E-state index contributed by atoms with van der Waals surface area (Å²) in [5.41, 5.74) is 8.39. The van der Waals surface area contributed by atoms with Crippen molar-refractivity contribution in [1.82, 2.24) is 0 Å². The lowest BCUT2D eigenvalue weighted by atomic mass is 10.0. The van der Waals surface area contributed by atoms with E-state index in [9.17, 15) is 0 Å². The number of halogens is 1. The lowest BCUT2D eigenvalue weighted by molar-refractivity contribution is 0.469. The minimum Gasteiger partial charge on any atom is -0.452 e. The fourth-order valence-corrected chi connectivity index (χ4v) is 1.90. The van der Waals surface area contributed by atoms with E-state index in [1.54, 1.807) is 0 Å². The summed E-state index contributed by atoms with van der Waals surface area (Å²) in [6.45, 7) is 2.05. The molecule has 0 saturated heterocycles. The molecule has 0 aliphatic rings. The molecule has 1 atom stereocenters. The number of nitrogens with two attached hydrogens (primary N) is 1. The molecule has 2 nitrogen and oxygen atoms in total. The van der Waals surface area contributed by atoms with Crippen LogP contribution in [-0.4, -0.2) is 0 Å². The van der Waals surface area contributed by atoms with E-state index in [0.29, 0.717) is 4.67 Å². The molecule has 0 aliphatic heterocycles. The van der Waals surface area contributed by atoms with Gasteiger partial charge in [-0.1, -0.05) is 24.3 Å².